The zero-order chi connectivity index (χ0) is 20.0. The van der Waals surface area contributed by atoms with E-state index in [1.165, 1.54) is 18.9 Å². The van der Waals surface area contributed by atoms with Crippen molar-refractivity contribution >= 4 is 58.0 Å². The molecular formula is C18H20NO5S3-. The van der Waals surface area contributed by atoms with Crippen molar-refractivity contribution in [1.82, 2.24) is 4.90 Å². The molecule has 0 unspecified atom stereocenters. The first kappa shape index (κ1) is 21.6. The monoisotopic (exact) mass is 426 g/mol. The number of thiocarbonyl (C=S) groups is 1. The first-order chi connectivity index (χ1) is 12.9. The van der Waals surface area contributed by atoms with E-state index in [1.54, 1.807) is 24.3 Å². The fourth-order valence-corrected chi connectivity index (χ4v) is 4.35. The normalized spacial score (nSPS) is 16.7. The summed E-state index contributed by atoms with van der Waals surface area (Å²) >= 11 is 7.83. The highest BCUT2D eigenvalue weighted by molar-refractivity contribution is 8.26. The standard InChI is InChI=1S/C18H21NO5S3/c1-4-24-13-6-5-11(9-14(13)23-2)10-15-16(20)19(18(25)27-15)12(17(21)22)7-8-26-3/h5-6,9-10,12H,4,7-8H2,1-3H3,(H,21,22)/p-1/b15-10+/t12-/m1/s1. The highest BCUT2D eigenvalue weighted by Gasteiger charge is 2.37. The lowest BCUT2D eigenvalue weighted by molar-refractivity contribution is -0.310. The molecule has 1 heterocycles. The Balaban J connectivity index is 2.28. The molecule has 1 atom stereocenters. The quantitative estimate of drug-likeness (QED) is 0.439. The molecule has 0 aromatic heterocycles. The second-order valence-corrected chi connectivity index (χ2v) is 8.17. The number of nitrogens with zero attached hydrogens (tertiary/aromatic N) is 1. The highest BCUT2D eigenvalue weighted by Crippen LogP contribution is 2.36. The number of aliphatic carboxylic acids is 1. The van der Waals surface area contributed by atoms with Gasteiger partial charge in [0.2, 0.25) is 0 Å². The highest BCUT2D eigenvalue weighted by atomic mass is 32.2. The lowest BCUT2D eigenvalue weighted by Crippen LogP contribution is -2.50. The van der Waals surface area contributed by atoms with Crippen LogP contribution in [0.25, 0.3) is 6.08 Å². The van der Waals surface area contributed by atoms with Gasteiger partial charge < -0.3 is 19.4 Å². The van der Waals surface area contributed by atoms with Crippen LogP contribution in [0.15, 0.2) is 23.1 Å². The van der Waals surface area contributed by atoms with Gasteiger partial charge in [0.05, 0.1) is 30.6 Å². The van der Waals surface area contributed by atoms with Crippen molar-refractivity contribution in [2.75, 3.05) is 25.7 Å². The van der Waals surface area contributed by atoms with Crippen LogP contribution in [0.1, 0.15) is 18.9 Å². The molecule has 1 aliphatic rings. The summed E-state index contributed by atoms with van der Waals surface area (Å²) in [4.78, 5) is 25.8. The summed E-state index contributed by atoms with van der Waals surface area (Å²) in [6.07, 6.45) is 3.81. The maximum Gasteiger partial charge on any atom is 0.266 e. The van der Waals surface area contributed by atoms with Gasteiger partial charge in [-0.1, -0.05) is 30.0 Å². The van der Waals surface area contributed by atoms with Crippen LogP contribution in [-0.2, 0) is 9.59 Å². The molecular weight excluding hydrogens is 406 g/mol. The van der Waals surface area contributed by atoms with Crippen molar-refractivity contribution in [1.29, 1.82) is 0 Å². The van der Waals surface area contributed by atoms with Crippen LogP contribution in [0.3, 0.4) is 0 Å². The third kappa shape index (κ3) is 5.18. The van der Waals surface area contributed by atoms with Gasteiger partial charge in [-0.3, -0.25) is 9.69 Å². The molecule has 27 heavy (non-hydrogen) atoms. The molecule has 0 radical (unpaired) electrons. The summed E-state index contributed by atoms with van der Waals surface area (Å²) < 4.78 is 11.0. The fraction of sp³-hybridized carbons (Fsp3) is 0.389. The van der Waals surface area contributed by atoms with Crippen LogP contribution in [0.4, 0.5) is 0 Å². The van der Waals surface area contributed by atoms with Gasteiger partial charge in [-0.15, -0.1) is 0 Å². The molecule has 0 spiro atoms. The molecule has 2 rings (SSSR count). The predicted octanol–water partition coefficient (Wildman–Crippen LogP) is 2.17. The number of hydrogen-bond acceptors (Lipinski definition) is 8. The van der Waals surface area contributed by atoms with Crippen molar-refractivity contribution in [3.8, 4) is 11.5 Å². The molecule has 1 aliphatic heterocycles. The smallest absolute Gasteiger partial charge is 0.266 e. The molecule has 0 saturated carbocycles. The second kappa shape index (κ2) is 10.0. The van der Waals surface area contributed by atoms with E-state index < -0.39 is 17.9 Å². The topological polar surface area (TPSA) is 78.9 Å². The van der Waals surface area contributed by atoms with Crippen LogP contribution >= 0.6 is 35.7 Å². The largest absolute Gasteiger partial charge is 0.548 e. The van der Waals surface area contributed by atoms with Crippen molar-refractivity contribution in [2.45, 2.75) is 19.4 Å². The van der Waals surface area contributed by atoms with Crippen molar-refractivity contribution in [3.05, 3.63) is 28.7 Å². The Bertz CT molecular complexity index is 765. The number of hydrogen-bond donors (Lipinski definition) is 0. The third-order valence-electron chi connectivity index (χ3n) is 3.79. The molecule has 6 nitrogen and oxygen atoms in total. The van der Waals surface area contributed by atoms with Crippen molar-refractivity contribution in [3.63, 3.8) is 0 Å². The van der Waals surface area contributed by atoms with Gasteiger partial charge in [0.1, 0.15) is 4.32 Å². The van der Waals surface area contributed by atoms with E-state index >= 15 is 0 Å². The van der Waals surface area contributed by atoms with E-state index in [1.807, 2.05) is 13.2 Å². The summed E-state index contributed by atoms with van der Waals surface area (Å²) in [7, 11) is 1.54. The second-order valence-electron chi connectivity index (χ2n) is 5.51. The SMILES string of the molecule is CCOc1ccc(/C=C2/SC(=S)N([C@H](CCSC)C(=O)[O-])C2=O)cc1OC. The van der Waals surface area contributed by atoms with Gasteiger partial charge >= 0.3 is 0 Å². The fourth-order valence-electron chi connectivity index (χ4n) is 2.53. The zero-order valence-electron chi connectivity index (χ0n) is 15.2. The number of methoxy groups -OCH3 is 1. The Hall–Kier alpha value is -1.71. The van der Waals surface area contributed by atoms with Gasteiger partial charge in [-0.25, -0.2) is 0 Å². The van der Waals surface area contributed by atoms with Crippen LogP contribution in [0, 0.1) is 0 Å². The molecule has 0 aliphatic carbocycles. The van der Waals surface area contributed by atoms with E-state index in [2.05, 4.69) is 0 Å². The summed E-state index contributed by atoms with van der Waals surface area (Å²) in [6, 6.07) is 4.24. The third-order valence-corrected chi connectivity index (χ3v) is 5.76. The first-order valence-corrected chi connectivity index (χ1v) is 10.8. The van der Waals surface area contributed by atoms with Crippen molar-refractivity contribution in [2.24, 2.45) is 0 Å². The van der Waals surface area contributed by atoms with Crippen molar-refractivity contribution < 1.29 is 24.2 Å². The van der Waals surface area contributed by atoms with Crippen LogP contribution in [0.2, 0.25) is 0 Å². The number of thioether (sulfide) groups is 2. The molecule has 1 aromatic rings. The number of rotatable bonds is 9. The first-order valence-electron chi connectivity index (χ1n) is 8.20. The Kier molecular flexibility index (Phi) is 8.00. The molecule has 146 valence electrons. The zero-order valence-corrected chi connectivity index (χ0v) is 17.7. The van der Waals surface area contributed by atoms with Gasteiger partial charge in [-0.05, 0) is 49.1 Å². The summed E-state index contributed by atoms with van der Waals surface area (Å²) in [6.45, 7) is 2.39. The Labute approximate surface area is 172 Å². The van der Waals surface area contributed by atoms with E-state index in [0.717, 1.165) is 22.2 Å². The summed E-state index contributed by atoms with van der Waals surface area (Å²) in [5.74, 6) is 0.0233. The van der Waals surface area contributed by atoms with Crippen LogP contribution < -0.4 is 14.6 Å². The molecule has 1 saturated heterocycles. The minimum atomic E-state index is -1.30. The molecule has 1 amide bonds. The average molecular weight is 427 g/mol. The lowest BCUT2D eigenvalue weighted by Gasteiger charge is -2.27. The Morgan fingerprint density at radius 1 is 1.44 bits per heavy atom. The number of carbonyl (C=O) groups excluding carboxylic acids is 2. The number of amides is 1. The molecule has 0 N–H and O–H groups in total. The Morgan fingerprint density at radius 2 is 2.19 bits per heavy atom. The maximum atomic E-state index is 12.7. The molecule has 0 bridgehead atoms. The van der Waals surface area contributed by atoms with E-state index in [4.69, 9.17) is 21.7 Å². The number of carbonyl (C=O) groups is 2. The lowest BCUT2D eigenvalue weighted by atomic mass is 10.1. The molecule has 1 fully saturated rings. The minimum Gasteiger partial charge on any atom is -0.548 e. The van der Waals surface area contributed by atoms with E-state index in [9.17, 15) is 14.7 Å². The predicted molar refractivity (Wildman–Crippen MR) is 111 cm³/mol. The van der Waals surface area contributed by atoms with Gasteiger partial charge in [0.15, 0.2) is 11.5 Å². The maximum absolute atomic E-state index is 12.7. The number of carboxylic acids is 1. The number of carboxylic acid groups (broad SMARTS) is 1. The molecule has 1 aromatic carbocycles. The molecule has 9 heteroatoms. The van der Waals surface area contributed by atoms with Crippen LogP contribution in [-0.4, -0.2) is 52.9 Å². The summed E-state index contributed by atoms with van der Waals surface area (Å²) in [5, 5.41) is 11.5. The Morgan fingerprint density at radius 3 is 2.78 bits per heavy atom. The number of benzene rings is 1. The average Bonchev–Trinajstić information content (AvgIpc) is 2.91. The van der Waals surface area contributed by atoms with Gasteiger partial charge in [0, 0.05) is 0 Å². The van der Waals surface area contributed by atoms with Gasteiger partial charge in [-0.2, -0.15) is 11.8 Å². The van der Waals surface area contributed by atoms with E-state index in [0.29, 0.717) is 28.8 Å². The van der Waals surface area contributed by atoms with Gasteiger partial charge in [0.25, 0.3) is 5.91 Å². The summed E-state index contributed by atoms with van der Waals surface area (Å²) in [5.41, 5.74) is 0.727. The minimum absolute atomic E-state index is 0.222. The number of ether oxygens (including phenoxy) is 2. The van der Waals surface area contributed by atoms with E-state index in [-0.39, 0.29) is 10.7 Å². The van der Waals surface area contributed by atoms with Crippen LogP contribution in [0.5, 0.6) is 11.5 Å².